The molecule has 28 heavy (non-hydrogen) atoms. The molecule has 3 aliphatic heterocycles. The fourth-order valence-electron chi connectivity index (χ4n) is 4.10. The molecular formula is C23H16ClNO3. The molecule has 4 nitrogen and oxygen atoms in total. The maximum Gasteiger partial charge on any atom is 0.231 e. The van der Waals surface area contributed by atoms with Crippen LogP contribution in [0.5, 0.6) is 11.5 Å². The van der Waals surface area contributed by atoms with Crippen molar-refractivity contribution >= 4 is 29.1 Å². The summed E-state index contributed by atoms with van der Waals surface area (Å²) in [4.78, 5) is 2.22. The number of rotatable bonds is 1. The lowest BCUT2D eigenvalue weighted by atomic mass is 9.94. The lowest BCUT2D eigenvalue weighted by Crippen LogP contribution is -2.40. The Balaban J connectivity index is 1.57. The molecule has 3 aromatic carbocycles. The average Bonchev–Trinajstić information content (AvgIpc) is 3.19. The molecule has 0 unspecified atom stereocenters. The van der Waals surface area contributed by atoms with Crippen LogP contribution in [0.15, 0.2) is 66.7 Å². The number of ether oxygens (including phenoxy) is 3. The molecule has 0 radical (unpaired) electrons. The van der Waals surface area contributed by atoms with Crippen LogP contribution in [0.3, 0.4) is 0 Å². The summed E-state index contributed by atoms with van der Waals surface area (Å²) in [6.07, 6.45) is 3.79. The van der Waals surface area contributed by atoms with Gasteiger partial charge in [0.1, 0.15) is 6.10 Å². The SMILES string of the molecule is Clc1ccc([C@H]2O[C@H]3C=Cc4ccccc4N3c3cc4c(cc32)OCO4)cc1. The van der Waals surface area contributed by atoms with Gasteiger partial charge in [0, 0.05) is 16.7 Å². The predicted molar refractivity (Wildman–Crippen MR) is 108 cm³/mol. The summed E-state index contributed by atoms with van der Waals surface area (Å²) < 4.78 is 17.9. The zero-order chi connectivity index (χ0) is 18.7. The lowest BCUT2D eigenvalue weighted by molar-refractivity contribution is 0.0301. The Bertz CT molecular complexity index is 1110. The minimum Gasteiger partial charge on any atom is -0.454 e. The van der Waals surface area contributed by atoms with Crippen LogP contribution < -0.4 is 14.4 Å². The quantitative estimate of drug-likeness (QED) is 0.535. The Morgan fingerprint density at radius 1 is 0.893 bits per heavy atom. The van der Waals surface area contributed by atoms with Crippen LogP contribution in [0.1, 0.15) is 22.8 Å². The third-order valence-electron chi connectivity index (χ3n) is 5.40. The highest BCUT2D eigenvalue weighted by Crippen LogP contribution is 2.51. The van der Waals surface area contributed by atoms with Gasteiger partial charge in [-0.15, -0.1) is 0 Å². The Kier molecular flexibility index (Phi) is 3.45. The standard InChI is InChI=1S/C23H16ClNO3/c24-16-8-5-15(6-9-16)23-17-11-20-21(27-13-26-20)12-19(17)25-18-4-2-1-3-14(18)7-10-22(25)28-23/h1-12,22-23H,13H2/t22-,23+/m0/s1. The number of nitrogens with zero attached hydrogens (tertiary/aromatic N) is 1. The van der Waals surface area contributed by atoms with E-state index in [1.165, 1.54) is 0 Å². The van der Waals surface area contributed by atoms with Gasteiger partial charge in [0.25, 0.3) is 0 Å². The number of para-hydroxylation sites is 1. The van der Waals surface area contributed by atoms with Crippen molar-refractivity contribution in [2.45, 2.75) is 12.3 Å². The van der Waals surface area contributed by atoms with E-state index in [1.807, 2.05) is 42.5 Å². The maximum absolute atomic E-state index is 6.56. The van der Waals surface area contributed by atoms with Crippen LogP contribution in [0.25, 0.3) is 6.08 Å². The summed E-state index contributed by atoms with van der Waals surface area (Å²) in [6, 6.07) is 20.2. The molecule has 2 atom stereocenters. The fraction of sp³-hybridized carbons (Fsp3) is 0.130. The molecule has 0 amide bonds. The van der Waals surface area contributed by atoms with Crippen molar-refractivity contribution in [2.75, 3.05) is 11.7 Å². The molecule has 0 aromatic heterocycles. The van der Waals surface area contributed by atoms with Gasteiger partial charge < -0.3 is 19.1 Å². The zero-order valence-electron chi connectivity index (χ0n) is 14.8. The van der Waals surface area contributed by atoms with Gasteiger partial charge in [-0.1, -0.05) is 48.0 Å². The second-order valence-corrected chi connectivity index (χ2v) is 7.45. The van der Waals surface area contributed by atoms with Gasteiger partial charge in [-0.25, -0.2) is 0 Å². The minimum absolute atomic E-state index is 0.205. The summed E-state index contributed by atoms with van der Waals surface area (Å²) >= 11 is 6.10. The first-order chi connectivity index (χ1) is 13.8. The Labute approximate surface area is 167 Å². The van der Waals surface area contributed by atoms with Gasteiger partial charge in [0.15, 0.2) is 17.7 Å². The van der Waals surface area contributed by atoms with Crippen molar-refractivity contribution in [3.8, 4) is 11.5 Å². The molecule has 3 aromatic rings. The lowest BCUT2D eigenvalue weighted by Gasteiger charge is -2.43. The van der Waals surface area contributed by atoms with Crippen molar-refractivity contribution in [3.05, 3.63) is 88.5 Å². The van der Waals surface area contributed by atoms with Gasteiger partial charge in [-0.3, -0.25) is 0 Å². The van der Waals surface area contributed by atoms with Gasteiger partial charge in [-0.05, 0) is 41.5 Å². The summed E-state index contributed by atoms with van der Waals surface area (Å²) in [5.41, 5.74) is 5.45. The molecule has 138 valence electrons. The highest BCUT2D eigenvalue weighted by molar-refractivity contribution is 6.30. The number of anilines is 2. The molecule has 5 heteroatoms. The van der Waals surface area contributed by atoms with E-state index >= 15 is 0 Å². The van der Waals surface area contributed by atoms with E-state index in [4.69, 9.17) is 25.8 Å². The molecule has 0 saturated heterocycles. The average molecular weight is 390 g/mol. The Morgan fingerprint density at radius 2 is 1.68 bits per heavy atom. The summed E-state index contributed by atoms with van der Waals surface area (Å²) in [6.45, 7) is 0.241. The molecular weight excluding hydrogens is 374 g/mol. The van der Waals surface area contributed by atoms with Crippen LogP contribution >= 0.6 is 11.6 Å². The molecule has 6 rings (SSSR count). The Morgan fingerprint density at radius 3 is 2.54 bits per heavy atom. The smallest absolute Gasteiger partial charge is 0.231 e. The van der Waals surface area contributed by atoms with E-state index in [1.54, 1.807) is 0 Å². The van der Waals surface area contributed by atoms with E-state index < -0.39 is 0 Å². The first kappa shape index (κ1) is 16.0. The first-order valence-electron chi connectivity index (χ1n) is 9.19. The third-order valence-corrected chi connectivity index (χ3v) is 5.66. The minimum atomic E-state index is -0.224. The largest absolute Gasteiger partial charge is 0.454 e. The first-order valence-corrected chi connectivity index (χ1v) is 9.57. The van der Waals surface area contributed by atoms with Gasteiger partial charge >= 0.3 is 0 Å². The highest BCUT2D eigenvalue weighted by Gasteiger charge is 2.37. The van der Waals surface area contributed by atoms with Crippen molar-refractivity contribution in [1.82, 2.24) is 0 Å². The van der Waals surface area contributed by atoms with Crippen molar-refractivity contribution in [1.29, 1.82) is 0 Å². The van der Waals surface area contributed by atoms with Crippen molar-refractivity contribution < 1.29 is 14.2 Å². The normalized spacial score (nSPS) is 21.1. The fourth-order valence-corrected chi connectivity index (χ4v) is 4.23. The molecule has 0 saturated carbocycles. The van der Waals surface area contributed by atoms with E-state index in [2.05, 4.69) is 35.3 Å². The van der Waals surface area contributed by atoms with Crippen molar-refractivity contribution in [2.24, 2.45) is 0 Å². The molecule has 0 bridgehead atoms. The van der Waals surface area contributed by atoms with E-state index in [-0.39, 0.29) is 19.1 Å². The summed E-state index contributed by atoms with van der Waals surface area (Å²) in [5, 5.41) is 0.707. The predicted octanol–water partition coefficient (Wildman–Crippen LogP) is 5.68. The maximum atomic E-state index is 6.56. The monoisotopic (exact) mass is 389 g/mol. The Hall–Kier alpha value is -2.95. The van der Waals surface area contributed by atoms with Crippen molar-refractivity contribution in [3.63, 3.8) is 0 Å². The van der Waals surface area contributed by atoms with Gasteiger partial charge in [0.2, 0.25) is 6.79 Å². The molecule has 0 aliphatic carbocycles. The van der Waals surface area contributed by atoms with Crippen LogP contribution in [0, 0.1) is 0 Å². The van der Waals surface area contributed by atoms with Crippen LogP contribution in [0.2, 0.25) is 5.02 Å². The summed E-state index contributed by atoms with van der Waals surface area (Å²) in [5.74, 6) is 1.52. The van der Waals surface area contributed by atoms with E-state index in [0.717, 1.165) is 39.6 Å². The summed E-state index contributed by atoms with van der Waals surface area (Å²) in [7, 11) is 0. The van der Waals surface area contributed by atoms with Crippen LogP contribution in [-0.2, 0) is 4.74 Å². The third kappa shape index (κ3) is 2.35. The number of hydrogen-bond acceptors (Lipinski definition) is 4. The van der Waals surface area contributed by atoms with Gasteiger partial charge in [0.05, 0.1) is 11.4 Å². The molecule has 3 heterocycles. The second kappa shape index (κ2) is 6.03. The molecule has 3 aliphatic rings. The number of benzene rings is 3. The number of fused-ring (bicyclic) bond motifs is 6. The topological polar surface area (TPSA) is 30.9 Å². The highest BCUT2D eigenvalue weighted by atomic mass is 35.5. The second-order valence-electron chi connectivity index (χ2n) is 7.01. The number of halogens is 1. The molecule has 0 spiro atoms. The zero-order valence-corrected chi connectivity index (χ0v) is 15.6. The number of hydrogen-bond donors (Lipinski definition) is 0. The molecule has 0 fully saturated rings. The van der Waals surface area contributed by atoms with E-state index in [0.29, 0.717) is 5.02 Å². The van der Waals surface area contributed by atoms with E-state index in [9.17, 15) is 0 Å². The van der Waals surface area contributed by atoms with Crippen LogP contribution in [0.4, 0.5) is 11.4 Å². The van der Waals surface area contributed by atoms with Gasteiger partial charge in [-0.2, -0.15) is 0 Å². The molecule has 0 N–H and O–H groups in total. The van der Waals surface area contributed by atoms with Crippen LogP contribution in [-0.4, -0.2) is 13.0 Å².